The molecule has 0 bridgehead atoms. The first kappa shape index (κ1) is 24.9. The zero-order valence-electron chi connectivity index (χ0n) is 16.9. The Morgan fingerprint density at radius 1 is 1.03 bits per heavy atom. The van der Waals surface area contributed by atoms with Crippen LogP contribution in [0.2, 0.25) is 0 Å². The molecule has 0 saturated heterocycles. The number of nitrogens with one attached hydrogen (secondary N) is 2. The second-order valence-electron chi connectivity index (χ2n) is 7.50. The van der Waals surface area contributed by atoms with E-state index in [1.165, 1.54) is 0 Å². The second kappa shape index (κ2) is 13.1. The summed E-state index contributed by atoms with van der Waals surface area (Å²) in [4.78, 5) is 49.7. The van der Waals surface area contributed by atoms with Crippen molar-refractivity contribution in [3.63, 3.8) is 0 Å². The molecule has 0 aromatic heterocycles. The summed E-state index contributed by atoms with van der Waals surface area (Å²) in [6, 6.07) is 0. The van der Waals surface area contributed by atoms with Gasteiger partial charge >= 0.3 is 0 Å². The molecular formula is C19H32ClN5O4. The standard InChI is InChI=1S/C19H32ClN5O4/c1-12-5-2-6-14(20)13(12)11-18(29)25-19(22)24-17(28)9-4-10-23-16(27)8-3-7-15(21)26/h12-14H,2-11H2,1H3,(H2,21,26)(H,23,27)(H3,22,24,25,28,29). The highest BCUT2D eigenvalue weighted by molar-refractivity contribution is 6.21. The number of primary amides is 1. The number of carbonyl (C=O) groups excluding carboxylic acids is 4. The van der Waals surface area contributed by atoms with Crippen LogP contribution in [0, 0.1) is 11.8 Å². The molecule has 1 aliphatic carbocycles. The van der Waals surface area contributed by atoms with Gasteiger partial charge in [0.25, 0.3) is 0 Å². The molecule has 0 radical (unpaired) electrons. The summed E-state index contributed by atoms with van der Waals surface area (Å²) in [6.45, 7) is 2.39. The van der Waals surface area contributed by atoms with Gasteiger partial charge in [0.1, 0.15) is 0 Å². The number of amides is 4. The van der Waals surface area contributed by atoms with E-state index in [2.05, 4.69) is 22.5 Å². The third-order valence-corrected chi connectivity index (χ3v) is 5.53. The maximum absolute atomic E-state index is 12.1. The molecule has 0 aromatic carbocycles. The van der Waals surface area contributed by atoms with Crippen LogP contribution in [0.4, 0.5) is 0 Å². The molecule has 4 amide bonds. The average Bonchev–Trinajstić information content (AvgIpc) is 2.61. The zero-order valence-corrected chi connectivity index (χ0v) is 17.7. The number of nitrogens with two attached hydrogens (primary N) is 2. The lowest BCUT2D eigenvalue weighted by atomic mass is 9.78. The minimum Gasteiger partial charge on any atom is -0.370 e. The van der Waals surface area contributed by atoms with Gasteiger partial charge in [0.05, 0.1) is 0 Å². The molecule has 3 atom stereocenters. The molecule has 0 spiro atoms. The third-order valence-electron chi connectivity index (χ3n) is 4.99. The molecule has 164 valence electrons. The van der Waals surface area contributed by atoms with Crippen LogP contribution in [0.5, 0.6) is 0 Å². The number of hydrogen-bond donors (Lipinski definition) is 4. The van der Waals surface area contributed by atoms with E-state index < -0.39 is 11.8 Å². The number of nitrogens with zero attached hydrogens (tertiary/aromatic N) is 1. The Balaban J connectivity index is 2.25. The largest absolute Gasteiger partial charge is 0.370 e. The predicted octanol–water partition coefficient (Wildman–Crippen LogP) is 0.930. The van der Waals surface area contributed by atoms with E-state index in [0.717, 1.165) is 19.3 Å². The van der Waals surface area contributed by atoms with Crippen LogP contribution < -0.4 is 22.1 Å². The maximum atomic E-state index is 12.1. The number of guanidine groups is 1. The van der Waals surface area contributed by atoms with Gasteiger partial charge in [0.15, 0.2) is 0 Å². The van der Waals surface area contributed by atoms with E-state index >= 15 is 0 Å². The summed E-state index contributed by atoms with van der Waals surface area (Å²) < 4.78 is 0. The predicted molar refractivity (Wildman–Crippen MR) is 111 cm³/mol. The fourth-order valence-electron chi connectivity index (χ4n) is 3.35. The van der Waals surface area contributed by atoms with E-state index in [1.807, 2.05) is 0 Å². The van der Waals surface area contributed by atoms with Crippen LogP contribution in [-0.2, 0) is 19.2 Å². The first-order valence-electron chi connectivity index (χ1n) is 10.0. The average molecular weight is 430 g/mol. The lowest BCUT2D eigenvalue weighted by Crippen LogP contribution is -2.40. The minimum absolute atomic E-state index is 0.0321. The lowest BCUT2D eigenvalue weighted by Gasteiger charge is -2.32. The van der Waals surface area contributed by atoms with Crippen molar-refractivity contribution in [2.75, 3.05) is 6.54 Å². The van der Waals surface area contributed by atoms with Gasteiger partial charge in [-0.05, 0) is 31.1 Å². The van der Waals surface area contributed by atoms with Gasteiger partial charge in [-0.15, -0.1) is 11.6 Å². The molecule has 29 heavy (non-hydrogen) atoms. The Kier molecular flexibility index (Phi) is 11.3. The zero-order chi connectivity index (χ0) is 21.8. The van der Waals surface area contributed by atoms with Gasteiger partial charge in [-0.2, -0.15) is 4.99 Å². The molecule has 0 heterocycles. The van der Waals surface area contributed by atoms with Crippen molar-refractivity contribution in [3.05, 3.63) is 0 Å². The van der Waals surface area contributed by atoms with Gasteiger partial charge in [-0.25, -0.2) is 0 Å². The summed E-state index contributed by atoms with van der Waals surface area (Å²) in [5.74, 6) is -1.21. The highest BCUT2D eigenvalue weighted by atomic mass is 35.5. The van der Waals surface area contributed by atoms with E-state index in [4.69, 9.17) is 23.1 Å². The molecule has 1 aliphatic rings. The van der Waals surface area contributed by atoms with Gasteiger partial charge in [-0.3, -0.25) is 24.5 Å². The second-order valence-corrected chi connectivity index (χ2v) is 8.07. The molecule has 6 N–H and O–H groups in total. The Bertz CT molecular complexity index is 616. The van der Waals surface area contributed by atoms with Gasteiger partial charge in [0.2, 0.25) is 29.6 Å². The Labute approximate surface area is 176 Å². The first-order valence-corrected chi connectivity index (χ1v) is 10.5. The van der Waals surface area contributed by atoms with Crippen molar-refractivity contribution in [3.8, 4) is 0 Å². The van der Waals surface area contributed by atoms with Gasteiger partial charge < -0.3 is 16.8 Å². The molecule has 1 saturated carbocycles. The summed E-state index contributed by atoms with van der Waals surface area (Å²) in [5.41, 5.74) is 10.6. The summed E-state index contributed by atoms with van der Waals surface area (Å²) in [7, 11) is 0. The van der Waals surface area contributed by atoms with E-state index in [9.17, 15) is 19.2 Å². The number of hydrogen-bond acceptors (Lipinski definition) is 4. The molecule has 1 rings (SSSR count). The fraction of sp³-hybridized carbons (Fsp3) is 0.737. The van der Waals surface area contributed by atoms with E-state index in [1.54, 1.807) is 0 Å². The van der Waals surface area contributed by atoms with Crippen LogP contribution in [0.1, 0.15) is 64.7 Å². The van der Waals surface area contributed by atoms with Crippen molar-refractivity contribution in [1.29, 1.82) is 0 Å². The Morgan fingerprint density at radius 3 is 2.41 bits per heavy atom. The van der Waals surface area contributed by atoms with E-state index in [0.29, 0.717) is 25.3 Å². The number of carbonyl (C=O) groups is 4. The quantitative estimate of drug-likeness (QED) is 0.176. The highest BCUT2D eigenvalue weighted by Gasteiger charge is 2.31. The van der Waals surface area contributed by atoms with Crippen LogP contribution >= 0.6 is 11.6 Å². The van der Waals surface area contributed by atoms with Crippen LogP contribution in [0.25, 0.3) is 0 Å². The molecule has 10 heteroatoms. The Morgan fingerprint density at radius 2 is 1.76 bits per heavy atom. The van der Waals surface area contributed by atoms with Crippen LogP contribution in [0.3, 0.4) is 0 Å². The smallest absolute Gasteiger partial charge is 0.248 e. The number of rotatable bonds is 10. The lowest BCUT2D eigenvalue weighted by molar-refractivity contribution is -0.123. The fourth-order valence-corrected chi connectivity index (χ4v) is 3.85. The summed E-state index contributed by atoms with van der Waals surface area (Å²) >= 11 is 6.33. The van der Waals surface area contributed by atoms with Crippen LogP contribution in [0.15, 0.2) is 4.99 Å². The van der Waals surface area contributed by atoms with Crippen LogP contribution in [-0.4, -0.2) is 41.5 Å². The number of halogens is 1. The molecule has 9 nitrogen and oxygen atoms in total. The third kappa shape index (κ3) is 10.8. The van der Waals surface area contributed by atoms with Crippen molar-refractivity contribution >= 4 is 41.2 Å². The topological polar surface area (TPSA) is 157 Å². The van der Waals surface area contributed by atoms with Crippen molar-refractivity contribution in [2.24, 2.45) is 28.3 Å². The molecule has 1 fully saturated rings. The van der Waals surface area contributed by atoms with Crippen molar-refractivity contribution < 1.29 is 19.2 Å². The Hall–Kier alpha value is -2.16. The molecule has 0 aliphatic heterocycles. The molecule has 0 aromatic rings. The van der Waals surface area contributed by atoms with E-state index in [-0.39, 0.29) is 54.8 Å². The summed E-state index contributed by atoms with van der Waals surface area (Å²) in [6.07, 6.45) is 4.50. The molecule has 3 unspecified atom stereocenters. The maximum Gasteiger partial charge on any atom is 0.248 e. The monoisotopic (exact) mass is 429 g/mol. The highest BCUT2D eigenvalue weighted by Crippen LogP contribution is 2.35. The van der Waals surface area contributed by atoms with Gasteiger partial charge in [-0.1, -0.05) is 19.8 Å². The normalized spacial score (nSPS) is 22.0. The SMILES string of the molecule is CC1CCCC(Cl)C1CC(=O)NC(N)=NC(=O)CCCNC(=O)CCCC(N)=O. The minimum atomic E-state index is -0.480. The van der Waals surface area contributed by atoms with Crippen molar-refractivity contribution in [2.45, 2.75) is 70.1 Å². The number of aliphatic imine (C=N–C) groups is 1. The first-order chi connectivity index (χ1) is 13.7. The van der Waals surface area contributed by atoms with Gasteiger partial charge in [0, 0.05) is 37.6 Å². The molecular weight excluding hydrogens is 398 g/mol. The van der Waals surface area contributed by atoms with Crippen molar-refractivity contribution in [1.82, 2.24) is 10.6 Å². The number of alkyl halides is 1. The summed E-state index contributed by atoms with van der Waals surface area (Å²) in [5, 5.41) is 5.06.